The Morgan fingerprint density at radius 3 is 2.72 bits per heavy atom. The van der Waals surface area contributed by atoms with Gasteiger partial charge in [-0.15, -0.1) is 0 Å². The van der Waals surface area contributed by atoms with E-state index in [-0.39, 0.29) is 24.8 Å². The number of anilines is 1. The molecule has 2 aromatic rings. The average molecular weight is 336 g/mol. The topological polar surface area (TPSA) is 69.6 Å². The molecule has 128 valence electrons. The summed E-state index contributed by atoms with van der Waals surface area (Å²) in [6.07, 6.45) is -0.362. The lowest BCUT2D eigenvalue weighted by Crippen LogP contribution is -2.40. The van der Waals surface area contributed by atoms with Crippen molar-refractivity contribution in [2.75, 3.05) is 11.9 Å². The summed E-state index contributed by atoms with van der Waals surface area (Å²) in [6.45, 7) is 4.32. The van der Waals surface area contributed by atoms with Gasteiger partial charge in [-0.3, -0.25) is 9.59 Å². The summed E-state index contributed by atoms with van der Waals surface area (Å²) < 4.78 is 0. The summed E-state index contributed by atoms with van der Waals surface area (Å²) in [5.41, 5.74) is 5.39. The highest BCUT2D eigenvalue weighted by Gasteiger charge is 2.42. The number of rotatable bonds is 1. The largest absolute Gasteiger partial charge is 0.391 e. The maximum atomic E-state index is 13.0. The number of nitrogens with zero attached hydrogens (tertiary/aromatic N) is 1. The number of carbonyl (C=O) groups excluding carboxylic acids is 2. The second-order valence-corrected chi connectivity index (χ2v) is 6.86. The Morgan fingerprint density at radius 2 is 1.92 bits per heavy atom. The maximum Gasteiger partial charge on any atom is 0.256 e. The van der Waals surface area contributed by atoms with Gasteiger partial charge in [0.25, 0.3) is 5.91 Å². The number of hydrogen-bond donors (Lipinski definition) is 2. The molecule has 0 spiro atoms. The molecule has 2 aromatic carbocycles. The van der Waals surface area contributed by atoms with Crippen LogP contribution >= 0.6 is 0 Å². The molecular weight excluding hydrogens is 316 g/mol. The number of benzene rings is 2. The van der Waals surface area contributed by atoms with Gasteiger partial charge in [-0.25, -0.2) is 0 Å². The molecule has 0 aliphatic carbocycles. The van der Waals surface area contributed by atoms with E-state index in [0.717, 1.165) is 11.1 Å². The fourth-order valence-electron chi connectivity index (χ4n) is 3.72. The third-order valence-corrected chi connectivity index (χ3v) is 5.27. The van der Waals surface area contributed by atoms with Gasteiger partial charge >= 0.3 is 0 Å². The molecule has 2 N–H and O–H groups in total. The molecule has 2 amide bonds. The quantitative estimate of drug-likeness (QED) is 0.841. The Hall–Kier alpha value is -2.66. The Bertz CT molecular complexity index is 891. The molecule has 2 atom stereocenters. The molecule has 5 heteroatoms. The summed E-state index contributed by atoms with van der Waals surface area (Å²) in [5.74, 6) is -0.440. The summed E-state index contributed by atoms with van der Waals surface area (Å²) >= 11 is 0. The van der Waals surface area contributed by atoms with E-state index in [1.54, 1.807) is 6.07 Å². The lowest BCUT2D eigenvalue weighted by atomic mass is 9.95. The van der Waals surface area contributed by atoms with Crippen LogP contribution in [0.4, 0.5) is 5.69 Å². The number of amides is 2. The van der Waals surface area contributed by atoms with E-state index >= 15 is 0 Å². The van der Waals surface area contributed by atoms with Gasteiger partial charge < -0.3 is 15.3 Å². The lowest BCUT2D eigenvalue weighted by Gasteiger charge is -2.19. The monoisotopic (exact) mass is 336 g/mol. The molecule has 2 unspecified atom stereocenters. The molecular formula is C20H20N2O3. The van der Waals surface area contributed by atoms with Crippen LogP contribution in [-0.2, 0) is 4.79 Å². The van der Waals surface area contributed by atoms with Gasteiger partial charge in [-0.05, 0) is 48.2 Å². The highest BCUT2D eigenvalue weighted by Crippen LogP contribution is 2.33. The molecule has 0 aromatic heterocycles. The average Bonchev–Trinajstić information content (AvgIpc) is 2.95. The van der Waals surface area contributed by atoms with E-state index in [4.69, 9.17) is 0 Å². The van der Waals surface area contributed by atoms with Crippen LogP contribution in [0.1, 0.15) is 27.9 Å². The van der Waals surface area contributed by atoms with Gasteiger partial charge in [0, 0.05) is 13.0 Å². The summed E-state index contributed by atoms with van der Waals surface area (Å²) in [6, 6.07) is 11.1. The molecule has 1 saturated heterocycles. The van der Waals surface area contributed by atoms with E-state index in [1.807, 2.05) is 24.3 Å². The third-order valence-electron chi connectivity index (χ3n) is 5.27. The Kier molecular flexibility index (Phi) is 3.62. The summed E-state index contributed by atoms with van der Waals surface area (Å²) in [5, 5.41) is 12.7. The Morgan fingerprint density at radius 1 is 1.12 bits per heavy atom. The fourth-order valence-corrected chi connectivity index (χ4v) is 3.72. The van der Waals surface area contributed by atoms with Gasteiger partial charge in [-0.1, -0.05) is 24.3 Å². The Labute approximate surface area is 146 Å². The van der Waals surface area contributed by atoms with Crippen molar-refractivity contribution in [2.45, 2.75) is 32.4 Å². The minimum Gasteiger partial charge on any atom is -0.391 e. The van der Waals surface area contributed by atoms with Gasteiger partial charge in [0.2, 0.25) is 5.91 Å². The molecule has 25 heavy (non-hydrogen) atoms. The zero-order chi connectivity index (χ0) is 17.7. The van der Waals surface area contributed by atoms with Crippen LogP contribution in [0, 0.1) is 13.8 Å². The number of aliphatic hydroxyl groups is 1. The zero-order valence-corrected chi connectivity index (χ0v) is 14.2. The van der Waals surface area contributed by atoms with Crippen LogP contribution in [0.2, 0.25) is 0 Å². The highest BCUT2D eigenvalue weighted by molar-refractivity contribution is 6.10. The second-order valence-electron chi connectivity index (χ2n) is 6.86. The molecule has 2 aliphatic heterocycles. The number of carbonyl (C=O) groups is 2. The first-order chi connectivity index (χ1) is 12.0. The number of aryl methyl sites for hydroxylation is 1. The van der Waals surface area contributed by atoms with E-state index in [9.17, 15) is 14.7 Å². The van der Waals surface area contributed by atoms with Gasteiger partial charge in [0.15, 0.2) is 0 Å². The van der Waals surface area contributed by atoms with Gasteiger partial charge in [0.05, 0.1) is 17.4 Å². The maximum absolute atomic E-state index is 13.0. The first-order valence-electron chi connectivity index (χ1n) is 8.46. The molecule has 5 nitrogen and oxygen atoms in total. The summed E-state index contributed by atoms with van der Waals surface area (Å²) in [7, 11) is 0. The van der Waals surface area contributed by atoms with E-state index in [2.05, 4.69) is 25.2 Å². The molecule has 0 radical (unpaired) electrons. The Balaban J connectivity index is 1.82. The van der Waals surface area contributed by atoms with Crippen molar-refractivity contribution >= 4 is 17.5 Å². The van der Waals surface area contributed by atoms with Crippen molar-refractivity contribution < 1.29 is 14.7 Å². The fraction of sp³-hybridized carbons (Fsp3) is 0.300. The van der Waals surface area contributed by atoms with E-state index in [0.29, 0.717) is 11.3 Å². The number of aliphatic hydroxyl groups excluding tert-OH is 1. The molecule has 0 bridgehead atoms. The number of hydrogen-bond acceptors (Lipinski definition) is 3. The zero-order valence-electron chi connectivity index (χ0n) is 14.2. The molecule has 0 saturated carbocycles. The van der Waals surface area contributed by atoms with Crippen LogP contribution in [0.5, 0.6) is 0 Å². The van der Waals surface area contributed by atoms with Crippen LogP contribution in [0.15, 0.2) is 36.4 Å². The highest BCUT2D eigenvalue weighted by atomic mass is 16.3. The SMILES string of the molecule is Cc1cccc(-c2ccc3c(c2)C(=O)N2CC(O)CC2C(=O)N3)c1C. The molecule has 2 aliphatic rings. The van der Waals surface area contributed by atoms with Crippen molar-refractivity contribution in [3.63, 3.8) is 0 Å². The second kappa shape index (κ2) is 5.70. The normalized spacial score (nSPS) is 22.3. The number of fused-ring (bicyclic) bond motifs is 2. The minimum absolute atomic E-state index is 0.198. The van der Waals surface area contributed by atoms with Gasteiger partial charge in [0.1, 0.15) is 6.04 Å². The summed E-state index contributed by atoms with van der Waals surface area (Å²) in [4.78, 5) is 26.8. The van der Waals surface area contributed by atoms with Crippen LogP contribution in [-0.4, -0.2) is 40.5 Å². The van der Waals surface area contributed by atoms with Crippen LogP contribution < -0.4 is 5.32 Å². The van der Waals surface area contributed by atoms with Crippen molar-refractivity contribution in [3.8, 4) is 11.1 Å². The first-order valence-corrected chi connectivity index (χ1v) is 8.46. The van der Waals surface area contributed by atoms with E-state index in [1.165, 1.54) is 16.0 Å². The predicted octanol–water partition coefficient (Wildman–Crippen LogP) is 2.50. The van der Waals surface area contributed by atoms with Crippen molar-refractivity contribution in [3.05, 3.63) is 53.1 Å². The predicted molar refractivity (Wildman–Crippen MR) is 95.4 cm³/mol. The third kappa shape index (κ3) is 2.51. The van der Waals surface area contributed by atoms with Crippen LogP contribution in [0.25, 0.3) is 11.1 Å². The first kappa shape index (κ1) is 15.8. The lowest BCUT2D eigenvalue weighted by molar-refractivity contribution is -0.119. The van der Waals surface area contributed by atoms with Crippen molar-refractivity contribution in [1.29, 1.82) is 0 Å². The smallest absolute Gasteiger partial charge is 0.256 e. The molecule has 4 rings (SSSR count). The van der Waals surface area contributed by atoms with Gasteiger partial charge in [-0.2, -0.15) is 0 Å². The van der Waals surface area contributed by atoms with Crippen molar-refractivity contribution in [1.82, 2.24) is 4.90 Å². The van der Waals surface area contributed by atoms with E-state index < -0.39 is 12.1 Å². The van der Waals surface area contributed by atoms with Crippen LogP contribution in [0.3, 0.4) is 0 Å². The standard InChI is InChI=1S/C20H20N2O3/c1-11-4-3-5-15(12(11)2)13-6-7-17-16(8-13)20(25)22-10-14(23)9-18(22)19(24)21-17/h3-8,14,18,23H,9-10H2,1-2H3,(H,21,24). The molecule has 2 heterocycles. The minimum atomic E-state index is -0.650. The number of nitrogens with one attached hydrogen (secondary N) is 1. The molecule has 1 fully saturated rings. The van der Waals surface area contributed by atoms with Crippen molar-refractivity contribution in [2.24, 2.45) is 0 Å².